The van der Waals surface area contributed by atoms with Gasteiger partial charge in [-0.25, -0.2) is 4.39 Å². The summed E-state index contributed by atoms with van der Waals surface area (Å²) in [5, 5.41) is 8.94. The fourth-order valence-corrected chi connectivity index (χ4v) is 1.64. The summed E-state index contributed by atoms with van der Waals surface area (Å²) in [6, 6.07) is 5.87. The van der Waals surface area contributed by atoms with Gasteiger partial charge >= 0.3 is 5.97 Å². The largest absolute Gasteiger partial charge is 0.481 e. The lowest BCUT2D eigenvalue weighted by Crippen LogP contribution is -2.39. The SMILES string of the molecule is CC(C)C(=O)N(CC(C)C(=O)O)c1ccccc1F. The van der Waals surface area contributed by atoms with Gasteiger partial charge in [0.05, 0.1) is 11.6 Å². The van der Waals surface area contributed by atoms with Crippen LogP contribution in [0.25, 0.3) is 0 Å². The molecule has 1 amide bonds. The van der Waals surface area contributed by atoms with Gasteiger partial charge in [-0.2, -0.15) is 0 Å². The van der Waals surface area contributed by atoms with E-state index in [1.54, 1.807) is 19.9 Å². The van der Waals surface area contributed by atoms with Crippen LogP contribution in [-0.4, -0.2) is 23.5 Å². The van der Waals surface area contributed by atoms with Crippen molar-refractivity contribution in [2.45, 2.75) is 20.8 Å². The number of amides is 1. The second kappa shape index (κ2) is 6.31. The molecule has 0 saturated heterocycles. The minimum atomic E-state index is -1.02. The molecule has 1 aromatic rings. The maximum Gasteiger partial charge on any atom is 0.308 e. The Morgan fingerprint density at radius 3 is 2.32 bits per heavy atom. The lowest BCUT2D eigenvalue weighted by atomic mass is 10.1. The Kier molecular flexibility index (Phi) is 5.03. The number of benzene rings is 1. The van der Waals surface area contributed by atoms with Crippen LogP contribution < -0.4 is 4.90 Å². The van der Waals surface area contributed by atoms with Crippen molar-refractivity contribution in [3.05, 3.63) is 30.1 Å². The zero-order chi connectivity index (χ0) is 14.6. The van der Waals surface area contributed by atoms with E-state index in [1.165, 1.54) is 30.0 Å². The minimum absolute atomic E-state index is 0.0483. The number of hydrogen-bond donors (Lipinski definition) is 1. The number of para-hydroxylation sites is 1. The van der Waals surface area contributed by atoms with Gasteiger partial charge in [0.1, 0.15) is 5.82 Å². The first kappa shape index (κ1) is 15.1. The number of halogens is 1. The molecule has 1 unspecified atom stereocenters. The first-order valence-corrected chi connectivity index (χ1v) is 6.13. The Labute approximate surface area is 111 Å². The third-order valence-electron chi connectivity index (χ3n) is 2.78. The van der Waals surface area contributed by atoms with Crippen molar-refractivity contribution >= 4 is 17.6 Å². The van der Waals surface area contributed by atoms with Crippen LogP contribution in [0.5, 0.6) is 0 Å². The summed E-state index contributed by atoms with van der Waals surface area (Å²) in [7, 11) is 0. The molecule has 0 spiro atoms. The number of nitrogens with zero attached hydrogens (tertiary/aromatic N) is 1. The fourth-order valence-electron chi connectivity index (χ4n) is 1.64. The number of carboxylic acids is 1. The highest BCUT2D eigenvalue weighted by molar-refractivity contribution is 5.95. The summed E-state index contributed by atoms with van der Waals surface area (Å²) >= 11 is 0. The molecule has 0 bridgehead atoms. The van der Waals surface area contributed by atoms with Gasteiger partial charge in [0.15, 0.2) is 0 Å². The molecule has 0 radical (unpaired) electrons. The predicted molar refractivity (Wildman–Crippen MR) is 70.4 cm³/mol. The molecule has 0 aliphatic carbocycles. The molecular formula is C14H18FNO3. The Bertz CT molecular complexity index is 474. The molecule has 104 valence electrons. The lowest BCUT2D eigenvalue weighted by molar-refractivity contribution is -0.140. The number of hydrogen-bond acceptors (Lipinski definition) is 2. The molecule has 0 aromatic heterocycles. The van der Waals surface area contributed by atoms with Gasteiger partial charge in [-0.15, -0.1) is 0 Å². The van der Waals surface area contributed by atoms with Gasteiger partial charge in [0, 0.05) is 12.5 Å². The van der Waals surface area contributed by atoms with Crippen LogP contribution in [0, 0.1) is 17.7 Å². The van der Waals surface area contributed by atoms with Crippen LogP contribution in [0.15, 0.2) is 24.3 Å². The average molecular weight is 267 g/mol. The second-order valence-electron chi connectivity index (χ2n) is 4.79. The summed E-state index contributed by atoms with van der Waals surface area (Å²) in [5.74, 6) is -2.94. The van der Waals surface area contributed by atoms with Gasteiger partial charge in [-0.05, 0) is 12.1 Å². The van der Waals surface area contributed by atoms with E-state index in [2.05, 4.69) is 0 Å². The van der Waals surface area contributed by atoms with E-state index in [9.17, 15) is 14.0 Å². The molecule has 0 aliphatic rings. The monoisotopic (exact) mass is 267 g/mol. The van der Waals surface area contributed by atoms with Crippen molar-refractivity contribution in [2.75, 3.05) is 11.4 Å². The molecule has 4 nitrogen and oxygen atoms in total. The van der Waals surface area contributed by atoms with Crippen molar-refractivity contribution < 1.29 is 19.1 Å². The standard InChI is InChI=1S/C14H18FNO3/c1-9(2)13(17)16(8-10(3)14(18)19)12-7-5-4-6-11(12)15/h4-7,9-10H,8H2,1-3H3,(H,18,19). The number of aliphatic carboxylic acids is 1. The van der Waals surface area contributed by atoms with Crippen LogP contribution in [0.3, 0.4) is 0 Å². The quantitative estimate of drug-likeness (QED) is 0.891. The Hall–Kier alpha value is -1.91. The first-order chi connectivity index (χ1) is 8.84. The van der Waals surface area contributed by atoms with Crippen LogP contribution in [0.4, 0.5) is 10.1 Å². The van der Waals surface area contributed by atoms with Gasteiger partial charge < -0.3 is 10.0 Å². The number of anilines is 1. The van der Waals surface area contributed by atoms with Crippen molar-refractivity contribution in [1.82, 2.24) is 0 Å². The maximum atomic E-state index is 13.8. The zero-order valence-corrected chi connectivity index (χ0v) is 11.3. The van der Waals surface area contributed by atoms with Gasteiger partial charge in [0.25, 0.3) is 0 Å². The van der Waals surface area contributed by atoms with E-state index in [-0.39, 0.29) is 24.1 Å². The molecule has 19 heavy (non-hydrogen) atoms. The minimum Gasteiger partial charge on any atom is -0.481 e. The normalized spacial score (nSPS) is 12.3. The molecule has 0 fully saturated rings. The third kappa shape index (κ3) is 3.77. The lowest BCUT2D eigenvalue weighted by Gasteiger charge is -2.26. The van der Waals surface area contributed by atoms with E-state index in [1.807, 2.05) is 0 Å². The van der Waals surface area contributed by atoms with Gasteiger partial charge in [0.2, 0.25) is 5.91 Å². The Morgan fingerprint density at radius 1 is 1.26 bits per heavy atom. The van der Waals surface area contributed by atoms with Crippen molar-refractivity contribution in [3.8, 4) is 0 Å². The van der Waals surface area contributed by atoms with Gasteiger partial charge in [-0.3, -0.25) is 9.59 Å². The summed E-state index contributed by atoms with van der Waals surface area (Å²) in [4.78, 5) is 24.2. The third-order valence-corrected chi connectivity index (χ3v) is 2.78. The highest BCUT2D eigenvalue weighted by atomic mass is 19.1. The fraction of sp³-hybridized carbons (Fsp3) is 0.429. The van der Waals surface area contributed by atoms with Crippen LogP contribution in [0.2, 0.25) is 0 Å². The summed E-state index contributed by atoms with van der Waals surface area (Å²) in [6.07, 6.45) is 0. The number of carboxylic acid groups (broad SMARTS) is 1. The smallest absolute Gasteiger partial charge is 0.308 e. The molecular weight excluding hydrogens is 249 g/mol. The van der Waals surface area contributed by atoms with E-state index in [0.29, 0.717) is 0 Å². The highest BCUT2D eigenvalue weighted by Gasteiger charge is 2.25. The van der Waals surface area contributed by atoms with E-state index >= 15 is 0 Å². The molecule has 0 heterocycles. The molecule has 5 heteroatoms. The van der Waals surface area contributed by atoms with Crippen LogP contribution >= 0.6 is 0 Å². The van der Waals surface area contributed by atoms with Crippen LogP contribution in [-0.2, 0) is 9.59 Å². The highest BCUT2D eigenvalue weighted by Crippen LogP contribution is 2.22. The molecule has 1 aromatic carbocycles. The molecule has 0 saturated carbocycles. The number of carbonyl (C=O) groups excluding carboxylic acids is 1. The van der Waals surface area contributed by atoms with Crippen molar-refractivity contribution in [1.29, 1.82) is 0 Å². The van der Waals surface area contributed by atoms with Crippen molar-refractivity contribution in [3.63, 3.8) is 0 Å². The van der Waals surface area contributed by atoms with Crippen molar-refractivity contribution in [2.24, 2.45) is 11.8 Å². The Morgan fingerprint density at radius 2 is 1.84 bits per heavy atom. The summed E-state index contributed by atoms with van der Waals surface area (Å²) in [5.41, 5.74) is 0.120. The molecule has 1 atom stereocenters. The topological polar surface area (TPSA) is 57.6 Å². The average Bonchev–Trinajstić information content (AvgIpc) is 2.35. The van der Waals surface area contributed by atoms with Crippen LogP contribution in [0.1, 0.15) is 20.8 Å². The van der Waals surface area contributed by atoms with E-state index in [0.717, 1.165) is 0 Å². The second-order valence-corrected chi connectivity index (χ2v) is 4.79. The summed E-state index contributed by atoms with van der Waals surface area (Å²) < 4.78 is 13.8. The summed E-state index contributed by atoms with van der Waals surface area (Å²) in [6.45, 7) is 4.83. The van der Waals surface area contributed by atoms with E-state index in [4.69, 9.17) is 5.11 Å². The zero-order valence-electron chi connectivity index (χ0n) is 11.3. The number of carbonyl (C=O) groups is 2. The predicted octanol–water partition coefficient (Wildman–Crippen LogP) is 2.54. The van der Waals surface area contributed by atoms with E-state index < -0.39 is 17.7 Å². The molecule has 1 rings (SSSR count). The molecule has 0 aliphatic heterocycles. The number of rotatable bonds is 5. The first-order valence-electron chi connectivity index (χ1n) is 6.13. The van der Waals surface area contributed by atoms with Gasteiger partial charge in [-0.1, -0.05) is 32.9 Å². The maximum absolute atomic E-state index is 13.8. The molecule has 1 N–H and O–H groups in total. The Balaban J connectivity index is 3.09.